The van der Waals surface area contributed by atoms with Gasteiger partial charge in [-0.1, -0.05) is 22.0 Å². The normalized spacial score (nSPS) is 13.8. The fraction of sp³-hybridized carbons (Fsp3) is 0.462. The summed E-state index contributed by atoms with van der Waals surface area (Å²) in [6.07, 6.45) is 5.42. The molecule has 0 aromatic heterocycles. The maximum Gasteiger partial charge on any atom is 0.303 e. The molecule has 3 heteroatoms. The molecule has 1 aliphatic rings. The average molecular weight is 283 g/mol. The van der Waals surface area contributed by atoms with Gasteiger partial charge in [-0.15, -0.1) is 0 Å². The van der Waals surface area contributed by atoms with E-state index in [9.17, 15) is 4.79 Å². The summed E-state index contributed by atoms with van der Waals surface area (Å²) in [4.78, 5) is 10.4. The predicted molar refractivity (Wildman–Crippen MR) is 66.7 cm³/mol. The zero-order valence-electron chi connectivity index (χ0n) is 9.13. The van der Waals surface area contributed by atoms with Crippen LogP contribution in [0.5, 0.6) is 0 Å². The summed E-state index contributed by atoms with van der Waals surface area (Å²) in [5.41, 5.74) is 4.15. The summed E-state index contributed by atoms with van der Waals surface area (Å²) in [7, 11) is 0. The van der Waals surface area contributed by atoms with Crippen molar-refractivity contribution in [1.82, 2.24) is 0 Å². The minimum Gasteiger partial charge on any atom is -0.481 e. The average Bonchev–Trinajstić information content (AvgIpc) is 2.65. The van der Waals surface area contributed by atoms with E-state index in [-0.39, 0.29) is 6.42 Å². The van der Waals surface area contributed by atoms with Crippen LogP contribution < -0.4 is 0 Å². The molecule has 1 aromatic carbocycles. The van der Waals surface area contributed by atoms with Gasteiger partial charge < -0.3 is 5.11 Å². The number of hydrogen-bond acceptors (Lipinski definition) is 1. The number of carboxylic acids is 1. The maximum atomic E-state index is 10.4. The second-order valence-corrected chi connectivity index (χ2v) is 5.17. The van der Waals surface area contributed by atoms with Crippen LogP contribution in [0.2, 0.25) is 0 Å². The molecule has 1 aromatic rings. The molecule has 86 valence electrons. The standard InChI is InChI=1S/C13H15BrO2/c14-12-8-9(3-1-6-13(15)16)7-10-4-2-5-11(10)12/h7-8H,1-6H2,(H,15,16). The van der Waals surface area contributed by atoms with E-state index in [1.54, 1.807) is 0 Å². The molecule has 1 N–H and O–H groups in total. The number of aliphatic carboxylic acids is 1. The molecule has 16 heavy (non-hydrogen) atoms. The molecule has 0 fully saturated rings. The molecule has 0 bridgehead atoms. The molecule has 0 amide bonds. The van der Waals surface area contributed by atoms with E-state index in [0.717, 1.165) is 12.8 Å². The van der Waals surface area contributed by atoms with Gasteiger partial charge in [-0.25, -0.2) is 0 Å². The minimum absolute atomic E-state index is 0.259. The van der Waals surface area contributed by atoms with Gasteiger partial charge in [-0.2, -0.15) is 0 Å². The summed E-state index contributed by atoms with van der Waals surface area (Å²) in [6.45, 7) is 0. The smallest absolute Gasteiger partial charge is 0.303 e. The molecular formula is C13H15BrO2. The summed E-state index contributed by atoms with van der Waals surface area (Å²) in [5, 5.41) is 8.59. The number of fused-ring (bicyclic) bond motifs is 1. The van der Waals surface area contributed by atoms with Gasteiger partial charge in [-0.05, 0) is 54.9 Å². The summed E-state index contributed by atoms with van der Waals surface area (Å²) < 4.78 is 1.20. The van der Waals surface area contributed by atoms with Crippen LogP contribution in [-0.2, 0) is 24.1 Å². The third kappa shape index (κ3) is 2.64. The molecule has 2 rings (SSSR count). The van der Waals surface area contributed by atoms with Crippen molar-refractivity contribution in [2.45, 2.75) is 38.5 Å². The number of carbonyl (C=O) groups is 1. The number of hydrogen-bond donors (Lipinski definition) is 1. The molecular weight excluding hydrogens is 268 g/mol. The Morgan fingerprint density at radius 1 is 1.38 bits per heavy atom. The van der Waals surface area contributed by atoms with Crippen LogP contribution in [0.1, 0.15) is 36.0 Å². The Hall–Kier alpha value is -0.830. The third-order valence-corrected chi connectivity index (χ3v) is 3.78. The number of carboxylic acid groups (broad SMARTS) is 1. The van der Waals surface area contributed by atoms with Crippen molar-refractivity contribution in [1.29, 1.82) is 0 Å². The molecule has 0 spiro atoms. The van der Waals surface area contributed by atoms with Gasteiger partial charge in [0.2, 0.25) is 0 Å². The highest BCUT2D eigenvalue weighted by Crippen LogP contribution is 2.30. The molecule has 0 saturated heterocycles. The highest BCUT2D eigenvalue weighted by atomic mass is 79.9. The summed E-state index contributed by atoms with van der Waals surface area (Å²) in [6, 6.07) is 4.39. The number of rotatable bonds is 4. The lowest BCUT2D eigenvalue weighted by Crippen LogP contribution is -1.97. The Kier molecular flexibility index (Phi) is 3.64. The molecule has 0 radical (unpaired) electrons. The van der Waals surface area contributed by atoms with Crippen molar-refractivity contribution in [3.05, 3.63) is 33.3 Å². The van der Waals surface area contributed by atoms with E-state index in [4.69, 9.17) is 5.11 Å². The fourth-order valence-electron chi connectivity index (χ4n) is 2.30. The summed E-state index contributed by atoms with van der Waals surface area (Å²) >= 11 is 3.60. The lowest BCUT2D eigenvalue weighted by Gasteiger charge is -2.07. The maximum absolute atomic E-state index is 10.4. The van der Waals surface area contributed by atoms with Crippen LogP contribution in [0.15, 0.2) is 16.6 Å². The van der Waals surface area contributed by atoms with Crippen LogP contribution in [0.25, 0.3) is 0 Å². The van der Waals surface area contributed by atoms with Gasteiger partial charge in [0, 0.05) is 10.9 Å². The molecule has 0 unspecified atom stereocenters. The van der Waals surface area contributed by atoms with E-state index < -0.39 is 5.97 Å². The number of aryl methyl sites for hydroxylation is 2. The van der Waals surface area contributed by atoms with Crippen molar-refractivity contribution in [3.63, 3.8) is 0 Å². The quantitative estimate of drug-likeness (QED) is 0.920. The second-order valence-electron chi connectivity index (χ2n) is 4.32. The van der Waals surface area contributed by atoms with Crippen molar-refractivity contribution in [2.24, 2.45) is 0 Å². The molecule has 0 aliphatic heterocycles. The van der Waals surface area contributed by atoms with Crippen LogP contribution in [0, 0.1) is 0 Å². The first kappa shape index (κ1) is 11.6. The molecule has 0 atom stereocenters. The largest absolute Gasteiger partial charge is 0.481 e. The Balaban J connectivity index is 2.05. The Labute approximate surface area is 104 Å². The third-order valence-electron chi connectivity index (χ3n) is 3.08. The first-order valence-corrected chi connectivity index (χ1v) is 6.48. The van der Waals surface area contributed by atoms with Crippen LogP contribution in [0.3, 0.4) is 0 Å². The van der Waals surface area contributed by atoms with Gasteiger partial charge in [0.05, 0.1) is 0 Å². The zero-order valence-corrected chi connectivity index (χ0v) is 10.7. The van der Waals surface area contributed by atoms with E-state index >= 15 is 0 Å². The van der Waals surface area contributed by atoms with Gasteiger partial charge >= 0.3 is 5.97 Å². The van der Waals surface area contributed by atoms with Crippen molar-refractivity contribution in [3.8, 4) is 0 Å². The topological polar surface area (TPSA) is 37.3 Å². The van der Waals surface area contributed by atoms with Gasteiger partial charge in [0.1, 0.15) is 0 Å². The van der Waals surface area contributed by atoms with E-state index in [1.165, 1.54) is 40.4 Å². The van der Waals surface area contributed by atoms with Crippen LogP contribution >= 0.6 is 15.9 Å². The fourth-order valence-corrected chi connectivity index (χ4v) is 3.05. The first-order chi connectivity index (χ1) is 7.66. The molecule has 2 nitrogen and oxygen atoms in total. The predicted octanol–water partition coefficient (Wildman–Crippen LogP) is 3.35. The molecule has 0 saturated carbocycles. The lowest BCUT2D eigenvalue weighted by molar-refractivity contribution is -0.137. The van der Waals surface area contributed by atoms with E-state index in [0.29, 0.717) is 0 Å². The van der Waals surface area contributed by atoms with Gasteiger partial charge in [0.25, 0.3) is 0 Å². The highest BCUT2D eigenvalue weighted by Gasteiger charge is 2.14. The van der Waals surface area contributed by atoms with Crippen molar-refractivity contribution < 1.29 is 9.90 Å². The van der Waals surface area contributed by atoms with E-state index in [2.05, 4.69) is 28.1 Å². The van der Waals surface area contributed by atoms with Crippen LogP contribution in [0.4, 0.5) is 0 Å². The Morgan fingerprint density at radius 3 is 2.94 bits per heavy atom. The lowest BCUT2D eigenvalue weighted by atomic mass is 10.0. The Morgan fingerprint density at radius 2 is 2.19 bits per heavy atom. The van der Waals surface area contributed by atoms with Crippen molar-refractivity contribution >= 4 is 21.9 Å². The van der Waals surface area contributed by atoms with Gasteiger partial charge in [0.15, 0.2) is 0 Å². The second kappa shape index (κ2) is 5.00. The van der Waals surface area contributed by atoms with E-state index in [1.807, 2.05) is 0 Å². The summed E-state index contributed by atoms with van der Waals surface area (Å²) in [5.74, 6) is -0.708. The van der Waals surface area contributed by atoms with Crippen LogP contribution in [-0.4, -0.2) is 11.1 Å². The monoisotopic (exact) mass is 282 g/mol. The first-order valence-electron chi connectivity index (χ1n) is 5.69. The highest BCUT2D eigenvalue weighted by molar-refractivity contribution is 9.10. The van der Waals surface area contributed by atoms with Crippen molar-refractivity contribution in [2.75, 3.05) is 0 Å². The number of halogens is 1. The molecule has 0 heterocycles. The Bertz CT molecular complexity index is 413. The zero-order chi connectivity index (χ0) is 11.5. The molecule has 1 aliphatic carbocycles. The SMILES string of the molecule is O=C(O)CCCc1cc(Br)c2c(c1)CCC2. The van der Waals surface area contributed by atoms with Gasteiger partial charge in [-0.3, -0.25) is 4.79 Å². The minimum atomic E-state index is -0.708. The number of benzene rings is 1.